The molecule has 132 valence electrons. The van der Waals surface area contributed by atoms with Gasteiger partial charge in [-0.25, -0.2) is 4.98 Å². The second kappa shape index (κ2) is 8.45. The number of hydrogen-bond acceptors (Lipinski definition) is 6. The van der Waals surface area contributed by atoms with Crippen LogP contribution in [0.15, 0.2) is 35.8 Å². The van der Waals surface area contributed by atoms with Crippen molar-refractivity contribution in [3.63, 3.8) is 0 Å². The Labute approximate surface area is 151 Å². The standard InChI is InChI=1S/C16H22ClN2O3PS/c1-11(2)21-23(20,22-12(3)4)15(19-16-18-9-10-24-16)13-5-7-14(17)8-6-13/h5-12,15H,1-4H3,(H,18,19). The first kappa shape index (κ1) is 19.4. The molecule has 0 radical (unpaired) electrons. The molecule has 0 aliphatic carbocycles. The van der Waals surface area contributed by atoms with E-state index in [1.165, 1.54) is 11.3 Å². The summed E-state index contributed by atoms with van der Waals surface area (Å²) in [5.41, 5.74) is 0.763. The molecule has 2 rings (SSSR count). The van der Waals surface area contributed by atoms with Gasteiger partial charge in [0.1, 0.15) is 0 Å². The van der Waals surface area contributed by atoms with Gasteiger partial charge in [-0.2, -0.15) is 0 Å². The average molecular weight is 389 g/mol. The zero-order valence-corrected chi connectivity index (χ0v) is 16.6. The van der Waals surface area contributed by atoms with Crippen molar-refractivity contribution >= 4 is 35.7 Å². The largest absolute Gasteiger partial charge is 0.357 e. The third-order valence-electron chi connectivity index (χ3n) is 2.91. The molecule has 0 bridgehead atoms. The first-order valence-corrected chi connectivity index (χ1v) is 10.5. The fraction of sp³-hybridized carbons (Fsp3) is 0.438. The predicted octanol–water partition coefficient (Wildman–Crippen LogP) is 5.95. The number of nitrogens with zero attached hydrogens (tertiary/aromatic N) is 1. The molecule has 2 aromatic rings. The summed E-state index contributed by atoms with van der Waals surface area (Å²) < 4.78 is 25.1. The molecule has 1 unspecified atom stereocenters. The van der Waals surface area contributed by atoms with Crippen LogP contribution in [0.5, 0.6) is 0 Å². The van der Waals surface area contributed by atoms with Gasteiger partial charge in [0.05, 0.1) is 12.2 Å². The van der Waals surface area contributed by atoms with Crippen LogP contribution in [0.3, 0.4) is 0 Å². The Kier molecular flexibility index (Phi) is 6.84. The van der Waals surface area contributed by atoms with Crippen molar-refractivity contribution < 1.29 is 13.6 Å². The number of thiazole rings is 1. The fourth-order valence-corrected chi connectivity index (χ4v) is 5.19. The monoisotopic (exact) mass is 388 g/mol. The van der Waals surface area contributed by atoms with Crippen molar-refractivity contribution in [3.8, 4) is 0 Å². The molecular weight excluding hydrogens is 367 g/mol. The van der Waals surface area contributed by atoms with E-state index in [1.807, 2.05) is 45.2 Å². The Balaban J connectivity index is 2.44. The predicted molar refractivity (Wildman–Crippen MR) is 100.0 cm³/mol. The lowest BCUT2D eigenvalue weighted by molar-refractivity contribution is 0.138. The molecule has 0 saturated carbocycles. The van der Waals surface area contributed by atoms with Crippen molar-refractivity contribution in [2.45, 2.75) is 45.7 Å². The molecule has 5 nitrogen and oxygen atoms in total. The van der Waals surface area contributed by atoms with Gasteiger partial charge in [0.25, 0.3) is 0 Å². The summed E-state index contributed by atoms with van der Waals surface area (Å²) in [6.45, 7) is 7.33. The Morgan fingerprint density at radius 2 is 1.71 bits per heavy atom. The minimum absolute atomic E-state index is 0.248. The number of nitrogens with one attached hydrogen (secondary N) is 1. The second-order valence-corrected chi connectivity index (χ2v) is 9.13. The zero-order chi connectivity index (χ0) is 17.7. The van der Waals surface area contributed by atoms with Crippen LogP contribution in [-0.4, -0.2) is 17.2 Å². The summed E-state index contributed by atoms with van der Waals surface area (Å²) in [5.74, 6) is -0.675. The molecule has 0 fully saturated rings. The van der Waals surface area contributed by atoms with Crippen molar-refractivity contribution in [3.05, 3.63) is 46.4 Å². The van der Waals surface area contributed by atoms with Crippen LogP contribution < -0.4 is 5.32 Å². The normalized spacial score (nSPS) is 13.5. The van der Waals surface area contributed by atoms with Gasteiger partial charge in [-0.15, -0.1) is 11.3 Å². The smallest absolute Gasteiger partial charge is 0.344 e. The molecule has 0 aliphatic heterocycles. The maximum Gasteiger partial charge on any atom is 0.357 e. The van der Waals surface area contributed by atoms with Gasteiger partial charge in [0.2, 0.25) is 0 Å². The minimum atomic E-state index is -3.51. The third-order valence-corrected chi connectivity index (χ3v) is 6.36. The molecule has 0 aliphatic rings. The van der Waals surface area contributed by atoms with Crippen molar-refractivity contribution in [2.24, 2.45) is 0 Å². The lowest BCUT2D eigenvalue weighted by Crippen LogP contribution is -2.19. The first-order valence-electron chi connectivity index (χ1n) is 7.68. The molecule has 1 atom stereocenters. The van der Waals surface area contributed by atoms with Crippen LogP contribution in [0.25, 0.3) is 0 Å². The van der Waals surface area contributed by atoms with E-state index in [-0.39, 0.29) is 12.2 Å². The van der Waals surface area contributed by atoms with Crippen LogP contribution in [0.4, 0.5) is 5.13 Å². The molecule has 0 saturated heterocycles. The fourth-order valence-electron chi connectivity index (χ4n) is 2.14. The number of anilines is 1. The van der Waals surface area contributed by atoms with Gasteiger partial charge < -0.3 is 14.4 Å². The van der Waals surface area contributed by atoms with Gasteiger partial charge >= 0.3 is 7.60 Å². The molecular formula is C16H22ClN2O3PS. The van der Waals surface area contributed by atoms with Crippen LogP contribution >= 0.6 is 30.5 Å². The molecule has 8 heteroatoms. The minimum Gasteiger partial charge on any atom is -0.344 e. The molecule has 24 heavy (non-hydrogen) atoms. The molecule has 1 N–H and O–H groups in total. The van der Waals surface area contributed by atoms with E-state index < -0.39 is 13.4 Å². The quantitative estimate of drug-likeness (QED) is 0.566. The SMILES string of the molecule is CC(C)OP(=O)(OC(C)C)C(Nc1nccs1)c1ccc(Cl)cc1. The van der Waals surface area contributed by atoms with Crippen LogP contribution in [0.1, 0.15) is 39.0 Å². The molecule has 0 spiro atoms. The maximum absolute atomic E-state index is 13.6. The summed E-state index contributed by atoms with van der Waals surface area (Å²) in [7, 11) is -3.51. The van der Waals surface area contributed by atoms with E-state index in [1.54, 1.807) is 18.3 Å². The number of hydrogen-bond donors (Lipinski definition) is 1. The highest BCUT2D eigenvalue weighted by atomic mass is 35.5. The van der Waals surface area contributed by atoms with Crippen molar-refractivity contribution in [1.82, 2.24) is 4.98 Å². The van der Waals surface area contributed by atoms with Crippen molar-refractivity contribution in [2.75, 3.05) is 5.32 Å². The van der Waals surface area contributed by atoms with E-state index in [0.717, 1.165) is 5.56 Å². The summed E-state index contributed by atoms with van der Waals surface area (Å²) in [6, 6.07) is 7.13. The van der Waals surface area contributed by atoms with Crippen LogP contribution in [-0.2, 0) is 13.6 Å². The Bertz CT molecular complexity index is 663. The zero-order valence-electron chi connectivity index (χ0n) is 14.1. The Morgan fingerprint density at radius 3 is 2.17 bits per heavy atom. The molecule has 1 heterocycles. The number of rotatable bonds is 8. The highest BCUT2D eigenvalue weighted by Gasteiger charge is 2.39. The third kappa shape index (κ3) is 5.30. The van der Waals surface area contributed by atoms with Crippen LogP contribution in [0.2, 0.25) is 5.02 Å². The number of benzene rings is 1. The van der Waals surface area contributed by atoms with E-state index in [9.17, 15) is 4.57 Å². The Hall–Kier alpha value is -0.910. The van der Waals surface area contributed by atoms with E-state index in [4.69, 9.17) is 20.6 Å². The number of aromatic nitrogens is 1. The summed E-state index contributed by atoms with van der Waals surface area (Å²) in [4.78, 5) is 4.22. The Morgan fingerprint density at radius 1 is 1.12 bits per heavy atom. The van der Waals surface area contributed by atoms with Crippen LogP contribution in [0, 0.1) is 0 Å². The lowest BCUT2D eigenvalue weighted by atomic mass is 10.2. The highest BCUT2D eigenvalue weighted by molar-refractivity contribution is 7.54. The van der Waals surface area contributed by atoms with Crippen molar-refractivity contribution in [1.29, 1.82) is 0 Å². The summed E-state index contributed by atoms with van der Waals surface area (Å²) >= 11 is 7.40. The average Bonchev–Trinajstić information content (AvgIpc) is 2.97. The van der Waals surface area contributed by atoms with Gasteiger partial charge in [-0.3, -0.25) is 4.57 Å². The number of halogens is 1. The van der Waals surface area contributed by atoms with E-state index >= 15 is 0 Å². The van der Waals surface area contributed by atoms with Gasteiger partial charge in [-0.1, -0.05) is 23.7 Å². The second-order valence-electron chi connectivity index (χ2n) is 5.78. The maximum atomic E-state index is 13.6. The molecule has 1 aromatic carbocycles. The van der Waals surface area contributed by atoms with Gasteiger partial charge in [0, 0.05) is 16.6 Å². The molecule has 1 aromatic heterocycles. The topological polar surface area (TPSA) is 60.5 Å². The summed E-state index contributed by atoms with van der Waals surface area (Å²) in [5, 5.41) is 6.30. The van der Waals surface area contributed by atoms with Gasteiger partial charge in [0.15, 0.2) is 10.9 Å². The van der Waals surface area contributed by atoms with Gasteiger partial charge in [-0.05, 0) is 45.4 Å². The molecule has 0 amide bonds. The van der Waals surface area contributed by atoms with E-state index in [2.05, 4.69) is 10.3 Å². The first-order chi connectivity index (χ1) is 11.3. The van der Waals surface area contributed by atoms with E-state index in [0.29, 0.717) is 10.2 Å². The lowest BCUT2D eigenvalue weighted by Gasteiger charge is -2.30. The summed E-state index contributed by atoms with van der Waals surface area (Å²) in [6.07, 6.45) is 1.19. The highest BCUT2D eigenvalue weighted by Crippen LogP contribution is 2.62.